The van der Waals surface area contributed by atoms with Crippen LogP contribution in [-0.2, 0) is 36.6 Å². The number of carboxylic acid groups (broad SMARTS) is 1. The first-order chi connectivity index (χ1) is 13.8. The maximum Gasteiger partial charge on any atom is 0.290 e. The third-order valence-electron chi connectivity index (χ3n) is 6.17. The van der Waals surface area contributed by atoms with Gasteiger partial charge in [-0.1, -0.05) is 18.5 Å². The number of halogens is 1. The van der Waals surface area contributed by atoms with E-state index in [0.717, 1.165) is 85.2 Å². The van der Waals surface area contributed by atoms with Crippen LogP contribution in [0.25, 0.3) is 0 Å². The lowest BCUT2D eigenvalue weighted by Crippen LogP contribution is -2.42. The summed E-state index contributed by atoms with van der Waals surface area (Å²) in [7, 11) is 1.90. The number of H-pyrrole nitrogens is 1. The first-order valence-corrected chi connectivity index (χ1v) is 10.3. The lowest BCUT2D eigenvalue weighted by molar-refractivity contribution is -0.122. The Bertz CT molecular complexity index is 944. The van der Waals surface area contributed by atoms with Gasteiger partial charge in [-0.25, -0.2) is 4.98 Å². The van der Waals surface area contributed by atoms with Crippen LogP contribution in [-0.4, -0.2) is 49.3 Å². The number of nitrogens with zero attached hydrogens (tertiary/aromatic N) is 4. The number of hydrogen-bond acceptors (Lipinski definition) is 5. The SMILES string of the molecule is CCc1nn(C)c(Cl)c1CN1CCC2(CCc3c2nc(C)[nH]c3=O)CC1.O=CO. The molecule has 0 radical (unpaired) electrons. The highest BCUT2D eigenvalue weighted by Gasteiger charge is 2.43. The van der Waals surface area contributed by atoms with Gasteiger partial charge in [-0.15, -0.1) is 0 Å². The van der Waals surface area contributed by atoms with Gasteiger partial charge in [-0.3, -0.25) is 19.2 Å². The Hall–Kier alpha value is -2.19. The Morgan fingerprint density at radius 3 is 2.59 bits per heavy atom. The van der Waals surface area contributed by atoms with Crippen LogP contribution in [0, 0.1) is 6.92 Å². The fourth-order valence-corrected chi connectivity index (χ4v) is 4.86. The highest BCUT2D eigenvalue weighted by Crippen LogP contribution is 2.44. The molecule has 9 heteroatoms. The van der Waals surface area contributed by atoms with Gasteiger partial charge in [0.15, 0.2) is 0 Å². The van der Waals surface area contributed by atoms with Crippen LogP contribution in [0.3, 0.4) is 0 Å². The number of rotatable bonds is 3. The van der Waals surface area contributed by atoms with Crippen molar-refractivity contribution in [3.63, 3.8) is 0 Å². The fraction of sp³-hybridized carbons (Fsp3) is 0.600. The van der Waals surface area contributed by atoms with Crippen molar-refractivity contribution in [3.05, 3.63) is 43.8 Å². The van der Waals surface area contributed by atoms with E-state index in [0.29, 0.717) is 0 Å². The second kappa shape index (κ2) is 8.67. The molecule has 1 spiro atoms. The molecular formula is C20H28ClN5O3. The van der Waals surface area contributed by atoms with Crippen molar-refractivity contribution in [2.75, 3.05) is 13.1 Å². The Morgan fingerprint density at radius 1 is 1.31 bits per heavy atom. The molecule has 29 heavy (non-hydrogen) atoms. The average Bonchev–Trinajstić information content (AvgIpc) is 3.17. The first kappa shape index (κ1) is 21.5. The lowest BCUT2D eigenvalue weighted by Gasteiger charge is -2.39. The number of aryl methyl sites for hydroxylation is 3. The first-order valence-electron chi connectivity index (χ1n) is 9.96. The second-order valence-electron chi connectivity index (χ2n) is 7.83. The van der Waals surface area contributed by atoms with Gasteiger partial charge >= 0.3 is 0 Å². The molecule has 1 aliphatic heterocycles. The van der Waals surface area contributed by atoms with E-state index in [1.807, 2.05) is 14.0 Å². The smallest absolute Gasteiger partial charge is 0.290 e. The molecule has 158 valence electrons. The van der Waals surface area contributed by atoms with Crippen LogP contribution in [0.1, 0.15) is 54.5 Å². The molecule has 1 saturated heterocycles. The van der Waals surface area contributed by atoms with Crippen LogP contribution in [0.15, 0.2) is 4.79 Å². The van der Waals surface area contributed by atoms with Gasteiger partial charge in [0.05, 0.1) is 11.4 Å². The maximum atomic E-state index is 12.2. The van der Waals surface area contributed by atoms with Crippen LogP contribution < -0.4 is 5.56 Å². The number of likely N-dealkylation sites (tertiary alicyclic amines) is 1. The van der Waals surface area contributed by atoms with Gasteiger partial charge in [-0.05, 0) is 52.1 Å². The highest BCUT2D eigenvalue weighted by molar-refractivity contribution is 6.30. The molecule has 0 amide bonds. The van der Waals surface area contributed by atoms with Gasteiger partial charge < -0.3 is 10.1 Å². The zero-order chi connectivity index (χ0) is 21.2. The number of nitrogens with one attached hydrogen (secondary N) is 1. The summed E-state index contributed by atoms with van der Waals surface area (Å²) in [5.74, 6) is 0.729. The van der Waals surface area contributed by atoms with Crippen molar-refractivity contribution in [1.82, 2.24) is 24.6 Å². The third-order valence-corrected chi connectivity index (χ3v) is 6.64. The minimum atomic E-state index is -0.250. The molecule has 0 unspecified atom stereocenters. The van der Waals surface area contributed by atoms with E-state index in [-0.39, 0.29) is 17.4 Å². The highest BCUT2D eigenvalue weighted by atomic mass is 35.5. The summed E-state index contributed by atoms with van der Waals surface area (Å²) in [6, 6.07) is 0. The van der Waals surface area contributed by atoms with Crippen molar-refractivity contribution < 1.29 is 9.90 Å². The van der Waals surface area contributed by atoms with E-state index >= 15 is 0 Å². The molecule has 8 nitrogen and oxygen atoms in total. The molecule has 2 aliphatic rings. The number of carbonyl (C=O) groups is 1. The topological polar surface area (TPSA) is 104 Å². The van der Waals surface area contributed by atoms with E-state index in [2.05, 4.69) is 21.9 Å². The number of aromatic nitrogens is 4. The number of aromatic amines is 1. The van der Waals surface area contributed by atoms with Gasteiger partial charge in [0.25, 0.3) is 12.0 Å². The van der Waals surface area contributed by atoms with Gasteiger partial charge in [0, 0.05) is 30.1 Å². The quantitative estimate of drug-likeness (QED) is 0.736. The molecule has 2 aromatic rings. The maximum absolute atomic E-state index is 12.2. The zero-order valence-electron chi connectivity index (χ0n) is 17.2. The van der Waals surface area contributed by atoms with Crippen molar-refractivity contribution in [2.24, 2.45) is 7.05 Å². The van der Waals surface area contributed by atoms with E-state index in [4.69, 9.17) is 26.5 Å². The summed E-state index contributed by atoms with van der Waals surface area (Å²) >= 11 is 6.46. The van der Waals surface area contributed by atoms with Crippen LogP contribution in [0.2, 0.25) is 5.15 Å². The predicted molar refractivity (Wildman–Crippen MR) is 110 cm³/mol. The number of piperidine rings is 1. The summed E-state index contributed by atoms with van der Waals surface area (Å²) in [5, 5.41) is 12.2. The van der Waals surface area contributed by atoms with Crippen molar-refractivity contribution >= 4 is 18.1 Å². The van der Waals surface area contributed by atoms with Crippen molar-refractivity contribution in [3.8, 4) is 0 Å². The van der Waals surface area contributed by atoms with Gasteiger partial charge in [0.1, 0.15) is 11.0 Å². The van der Waals surface area contributed by atoms with E-state index in [1.165, 1.54) is 0 Å². The summed E-state index contributed by atoms with van der Waals surface area (Å²) in [5.41, 5.74) is 4.36. The zero-order valence-corrected chi connectivity index (χ0v) is 17.9. The number of fused-ring (bicyclic) bond motifs is 2. The average molecular weight is 422 g/mol. The molecular weight excluding hydrogens is 394 g/mol. The summed E-state index contributed by atoms with van der Waals surface area (Å²) in [4.78, 5) is 30.7. The monoisotopic (exact) mass is 421 g/mol. The van der Waals surface area contributed by atoms with Crippen molar-refractivity contribution in [2.45, 2.75) is 57.9 Å². The standard InChI is InChI=1S/C19H26ClN5O.CH2O2/c1-4-15-14(17(20)24(3)23-15)11-25-9-7-19(8-10-25)6-5-13-16(19)21-12(2)22-18(13)26;2-1-3/h4-11H2,1-3H3,(H,21,22,26);1H,(H,2,3). The van der Waals surface area contributed by atoms with Crippen LogP contribution >= 0.6 is 11.6 Å². The Kier molecular flexibility index (Phi) is 6.43. The fourth-order valence-electron chi connectivity index (χ4n) is 4.65. The Balaban J connectivity index is 0.000000755. The lowest BCUT2D eigenvalue weighted by atomic mass is 9.76. The largest absolute Gasteiger partial charge is 0.483 e. The van der Waals surface area contributed by atoms with E-state index in [1.54, 1.807) is 4.68 Å². The molecule has 1 aliphatic carbocycles. The molecule has 1 fully saturated rings. The minimum Gasteiger partial charge on any atom is -0.483 e. The molecule has 4 rings (SSSR count). The molecule has 0 bridgehead atoms. The predicted octanol–water partition coefficient (Wildman–Crippen LogP) is 2.21. The van der Waals surface area contributed by atoms with Crippen LogP contribution in [0.5, 0.6) is 0 Å². The Morgan fingerprint density at radius 2 is 1.97 bits per heavy atom. The number of hydrogen-bond donors (Lipinski definition) is 2. The van der Waals surface area contributed by atoms with Gasteiger partial charge in [-0.2, -0.15) is 5.10 Å². The third kappa shape index (κ3) is 4.09. The molecule has 2 N–H and O–H groups in total. The molecule has 0 aromatic carbocycles. The molecule has 3 heterocycles. The molecule has 2 aromatic heterocycles. The summed E-state index contributed by atoms with van der Waals surface area (Å²) in [6.45, 7) is 6.59. The minimum absolute atomic E-state index is 0.0570. The van der Waals surface area contributed by atoms with Crippen molar-refractivity contribution in [1.29, 1.82) is 0 Å². The molecule has 0 saturated carbocycles. The van der Waals surface area contributed by atoms with E-state index in [9.17, 15) is 4.79 Å². The normalized spacial score (nSPS) is 17.7. The Labute approximate surface area is 174 Å². The van der Waals surface area contributed by atoms with Gasteiger partial charge in [0.2, 0.25) is 0 Å². The summed E-state index contributed by atoms with van der Waals surface area (Å²) < 4.78 is 1.77. The van der Waals surface area contributed by atoms with E-state index < -0.39 is 0 Å². The molecule has 0 atom stereocenters. The summed E-state index contributed by atoms with van der Waals surface area (Å²) in [6.07, 6.45) is 4.90. The second-order valence-corrected chi connectivity index (χ2v) is 8.19. The van der Waals surface area contributed by atoms with Crippen LogP contribution in [0.4, 0.5) is 0 Å².